The molecule has 0 heterocycles. The highest BCUT2D eigenvalue weighted by molar-refractivity contribution is 6.27. The number of benzene rings is 1. The molecule has 1 aromatic rings. The summed E-state index contributed by atoms with van der Waals surface area (Å²) in [5, 5.41) is 10.5. The predicted molar refractivity (Wildman–Crippen MR) is 57.3 cm³/mol. The smallest absolute Gasteiger partial charge is 0.269 e. The standard InChI is InChI=1S/C10H10ClNO3/c1-7-2-3-9(12(14)15)4-8(7)5-10(13)6-11/h2-4H,5-6H2,1H3. The molecule has 0 aliphatic carbocycles. The Hall–Kier alpha value is -1.42. The molecular formula is C10H10ClNO3. The quantitative estimate of drug-likeness (QED) is 0.450. The van der Waals surface area contributed by atoms with Crippen LogP contribution in [0, 0.1) is 17.0 Å². The van der Waals surface area contributed by atoms with Gasteiger partial charge >= 0.3 is 0 Å². The molecule has 0 aliphatic rings. The van der Waals surface area contributed by atoms with Gasteiger partial charge in [-0.3, -0.25) is 14.9 Å². The van der Waals surface area contributed by atoms with E-state index in [0.717, 1.165) is 5.56 Å². The van der Waals surface area contributed by atoms with Crippen LogP contribution in [0.4, 0.5) is 5.69 Å². The molecule has 5 heteroatoms. The third-order valence-corrected chi connectivity index (χ3v) is 2.38. The largest absolute Gasteiger partial charge is 0.298 e. The first-order chi connectivity index (χ1) is 7.04. The lowest BCUT2D eigenvalue weighted by molar-refractivity contribution is -0.384. The maximum atomic E-state index is 11.1. The average molecular weight is 228 g/mol. The Morgan fingerprint density at radius 3 is 2.73 bits per heavy atom. The number of aryl methyl sites for hydroxylation is 1. The number of nitrogens with zero attached hydrogens (tertiary/aromatic N) is 1. The summed E-state index contributed by atoms with van der Waals surface area (Å²) in [6.07, 6.45) is 0.150. The van der Waals surface area contributed by atoms with E-state index in [9.17, 15) is 14.9 Å². The van der Waals surface area contributed by atoms with Gasteiger partial charge < -0.3 is 0 Å². The molecule has 0 atom stereocenters. The third kappa shape index (κ3) is 3.02. The van der Waals surface area contributed by atoms with Crippen molar-refractivity contribution in [2.75, 3.05) is 5.88 Å². The highest BCUT2D eigenvalue weighted by Gasteiger charge is 2.10. The van der Waals surface area contributed by atoms with Gasteiger partial charge in [0.15, 0.2) is 5.78 Å². The molecule has 1 aromatic carbocycles. The second kappa shape index (κ2) is 4.89. The lowest BCUT2D eigenvalue weighted by atomic mass is 10.0. The number of alkyl halides is 1. The highest BCUT2D eigenvalue weighted by Crippen LogP contribution is 2.18. The minimum Gasteiger partial charge on any atom is -0.298 e. The van der Waals surface area contributed by atoms with E-state index in [1.807, 2.05) is 0 Å². The second-order valence-corrected chi connectivity index (χ2v) is 3.48. The molecule has 15 heavy (non-hydrogen) atoms. The van der Waals surface area contributed by atoms with Crippen molar-refractivity contribution in [1.82, 2.24) is 0 Å². The fourth-order valence-electron chi connectivity index (χ4n) is 1.22. The number of ketones is 1. The first-order valence-electron chi connectivity index (χ1n) is 4.36. The summed E-state index contributed by atoms with van der Waals surface area (Å²) < 4.78 is 0. The van der Waals surface area contributed by atoms with E-state index in [2.05, 4.69) is 0 Å². The van der Waals surface area contributed by atoms with Crippen LogP contribution in [0.15, 0.2) is 18.2 Å². The molecular weight excluding hydrogens is 218 g/mol. The average Bonchev–Trinajstić information content (AvgIpc) is 2.20. The van der Waals surface area contributed by atoms with E-state index < -0.39 is 4.92 Å². The van der Waals surface area contributed by atoms with Crippen molar-refractivity contribution in [3.8, 4) is 0 Å². The topological polar surface area (TPSA) is 60.2 Å². The number of Topliss-reactive ketones (excluding diaryl/α,β-unsaturated/α-hetero) is 1. The Labute approximate surface area is 92.0 Å². The van der Waals surface area contributed by atoms with Crippen LogP contribution in [0.2, 0.25) is 0 Å². The third-order valence-electron chi connectivity index (χ3n) is 2.08. The zero-order valence-electron chi connectivity index (χ0n) is 8.20. The van der Waals surface area contributed by atoms with Gasteiger partial charge in [0, 0.05) is 18.6 Å². The highest BCUT2D eigenvalue weighted by atomic mass is 35.5. The lowest BCUT2D eigenvalue weighted by Gasteiger charge is -2.03. The Morgan fingerprint density at radius 1 is 1.53 bits per heavy atom. The van der Waals surface area contributed by atoms with Crippen LogP contribution in [0.25, 0.3) is 0 Å². The van der Waals surface area contributed by atoms with Crippen LogP contribution in [0.3, 0.4) is 0 Å². The fraction of sp³-hybridized carbons (Fsp3) is 0.300. The minimum atomic E-state index is -0.478. The van der Waals surface area contributed by atoms with Crippen molar-refractivity contribution in [3.63, 3.8) is 0 Å². The molecule has 0 bridgehead atoms. The van der Waals surface area contributed by atoms with Gasteiger partial charge in [-0.15, -0.1) is 11.6 Å². The van der Waals surface area contributed by atoms with Gasteiger partial charge in [0.2, 0.25) is 0 Å². The van der Waals surface area contributed by atoms with Crippen molar-refractivity contribution >= 4 is 23.1 Å². The molecule has 0 saturated carbocycles. The number of nitro groups is 1. The van der Waals surface area contributed by atoms with Crippen LogP contribution < -0.4 is 0 Å². The van der Waals surface area contributed by atoms with E-state index in [1.165, 1.54) is 12.1 Å². The molecule has 0 fully saturated rings. The second-order valence-electron chi connectivity index (χ2n) is 3.22. The number of halogens is 1. The van der Waals surface area contributed by atoms with Gasteiger partial charge in [0.05, 0.1) is 10.8 Å². The zero-order chi connectivity index (χ0) is 11.4. The maximum absolute atomic E-state index is 11.1. The van der Waals surface area contributed by atoms with E-state index in [4.69, 9.17) is 11.6 Å². The van der Waals surface area contributed by atoms with E-state index >= 15 is 0 Å². The number of carbonyl (C=O) groups is 1. The first-order valence-corrected chi connectivity index (χ1v) is 4.89. The van der Waals surface area contributed by atoms with E-state index in [0.29, 0.717) is 5.56 Å². The zero-order valence-corrected chi connectivity index (χ0v) is 8.95. The van der Waals surface area contributed by atoms with Crippen LogP contribution in [-0.2, 0) is 11.2 Å². The van der Waals surface area contributed by atoms with E-state index in [1.54, 1.807) is 13.0 Å². The van der Waals surface area contributed by atoms with Crippen LogP contribution in [0.1, 0.15) is 11.1 Å². The van der Waals surface area contributed by atoms with E-state index in [-0.39, 0.29) is 23.8 Å². The molecule has 0 spiro atoms. The summed E-state index contributed by atoms with van der Waals surface area (Å²) in [5.74, 6) is -0.206. The molecule has 4 nitrogen and oxygen atoms in total. The first kappa shape index (κ1) is 11.7. The Bertz CT molecular complexity index is 404. The summed E-state index contributed by atoms with van der Waals surface area (Å²) >= 11 is 5.37. The summed E-state index contributed by atoms with van der Waals surface area (Å²) in [6.45, 7) is 1.81. The van der Waals surface area contributed by atoms with Gasteiger partial charge in [-0.25, -0.2) is 0 Å². The predicted octanol–water partition coefficient (Wildman–Crippen LogP) is 2.25. The van der Waals surface area contributed by atoms with Gasteiger partial charge in [0.25, 0.3) is 5.69 Å². The number of hydrogen-bond donors (Lipinski definition) is 0. The van der Waals surface area contributed by atoms with Crippen LogP contribution >= 0.6 is 11.6 Å². The number of rotatable bonds is 4. The van der Waals surface area contributed by atoms with Gasteiger partial charge in [0.1, 0.15) is 0 Å². The molecule has 0 radical (unpaired) electrons. The normalized spacial score (nSPS) is 10.0. The minimum absolute atomic E-state index is 0.00188. The van der Waals surface area contributed by atoms with Gasteiger partial charge in [-0.1, -0.05) is 6.07 Å². The van der Waals surface area contributed by atoms with Crippen molar-refractivity contribution in [1.29, 1.82) is 0 Å². The van der Waals surface area contributed by atoms with Gasteiger partial charge in [-0.05, 0) is 18.1 Å². The monoisotopic (exact) mass is 227 g/mol. The fourth-order valence-corrected chi connectivity index (χ4v) is 1.32. The van der Waals surface area contributed by atoms with Crippen molar-refractivity contribution in [2.24, 2.45) is 0 Å². The molecule has 0 amide bonds. The number of carbonyl (C=O) groups excluding carboxylic acids is 1. The molecule has 0 unspecified atom stereocenters. The summed E-state index contributed by atoms with van der Waals surface area (Å²) in [4.78, 5) is 21.1. The SMILES string of the molecule is Cc1ccc([N+](=O)[O-])cc1CC(=O)CCl. The Balaban J connectivity index is 3.00. The number of non-ortho nitro benzene ring substituents is 1. The summed E-state index contributed by atoms with van der Waals surface area (Å²) in [6, 6.07) is 4.47. The summed E-state index contributed by atoms with van der Waals surface area (Å²) in [5.41, 5.74) is 1.52. The number of nitro benzene ring substituents is 1. The molecule has 80 valence electrons. The molecule has 0 saturated heterocycles. The number of hydrogen-bond acceptors (Lipinski definition) is 3. The van der Waals surface area contributed by atoms with Crippen molar-refractivity contribution in [3.05, 3.63) is 39.4 Å². The van der Waals surface area contributed by atoms with Gasteiger partial charge in [-0.2, -0.15) is 0 Å². The van der Waals surface area contributed by atoms with Crippen molar-refractivity contribution < 1.29 is 9.72 Å². The maximum Gasteiger partial charge on any atom is 0.269 e. The molecule has 1 rings (SSSR count). The molecule has 0 aromatic heterocycles. The summed E-state index contributed by atoms with van der Waals surface area (Å²) in [7, 11) is 0. The molecule has 0 N–H and O–H groups in total. The van der Waals surface area contributed by atoms with Crippen LogP contribution in [0.5, 0.6) is 0 Å². The molecule has 0 aliphatic heterocycles. The van der Waals surface area contributed by atoms with Crippen LogP contribution in [-0.4, -0.2) is 16.6 Å². The van der Waals surface area contributed by atoms with Crippen molar-refractivity contribution in [2.45, 2.75) is 13.3 Å². The lowest BCUT2D eigenvalue weighted by Crippen LogP contribution is -2.05. The Kier molecular flexibility index (Phi) is 3.80. The Morgan fingerprint density at radius 2 is 2.20 bits per heavy atom.